The number of aromatic nitrogens is 1. The predicted molar refractivity (Wildman–Crippen MR) is 115 cm³/mol. The van der Waals surface area contributed by atoms with Gasteiger partial charge in [0.1, 0.15) is 6.04 Å². The molecule has 2 aromatic rings. The predicted octanol–water partition coefficient (Wildman–Crippen LogP) is 4.37. The summed E-state index contributed by atoms with van der Waals surface area (Å²) in [4.78, 5) is 14.8. The summed E-state index contributed by atoms with van der Waals surface area (Å²) in [5.74, 6) is 0.239. The van der Waals surface area contributed by atoms with E-state index in [9.17, 15) is 4.79 Å². The third-order valence-electron chi connectivity index (χ3n) is 5.70. The topological polar surface area (TPSA) is 76.8 Å². The number of carbonyl (C=O) groups is 1. The minimum atomic E-state index is -0.362. The Morgan fingerprint density at radius 3 is 2.77 bits per heavy atom. The lowest BCUT2D eigenvalue weighted by Crippen LogP contribution is -2.54. The first-order valence-corrected chi connectivity index (χ1v) is 10.8. The third-order valence-corrected chi connectivity index (χ3v) is 5.95. The highest BCUT2D eigenvalue weighted by Gasteiger charge is 2.35. The fraction of sp³-hybridized carbons (Fsp3) is 0.545. The van der Waals surface area contributed by atoms with Crippen molar-refractivity contribution in [3.05, 3.63) is 41.0 Å². The molecule has 0 aliphatic carbocycles. The zero-order valence-corrected chi connectivity index (χ0v) is 18.2. The Bertz CT molecular complexity index is 862. The summed E-state index contributed by atoms with van der Waals surface area (Å²) in [5.41, 5.74) is 1.35. The number of anilines is 2. The lowest BCUT2D eigenvalue weighted by atomic mass is 9.90. The van der Waals surface area contributed by atoms with Crippen molar-refractivity contribution in [3.63, 3.8) is 0 Å². The number of nitrogens with one attached hydrogen (secondary N) is 1. The first-order chi connectivity index (χ1) is 14.4. The molecule has 7 nitrogen and oxygen atoms in total. The van der Waals surface area contributed by atoms with E-state index in [1.807, 2.05) is 43.0 Å². The van der Waals surface area contributed by atoms with E-state index < -0.39 is 0 Å². The van der Waals surface area contributed by atoms with Crippen molar-refractivity contribution in [2.75, 3.05) is 30.0 Å². The molecular formula is C22H28ClN3O4. The van der Waals surface area contributed by atoms with Gasteiger partial charge in [-0.05, 0) is 49.9 Å². The van der Waals surface area contributed by atoms with Crippen LogP contribution in [0.25, 0.3) is 0 Å². The van der Waals surface area contributed by atoms with Gasteiger partial charge in [0.2, 0.25) is 11.8 Å². The van der Waals surface area contributed by atoms with Crippen molar-refractivity contribution >= 4 is 29.1 Å². The molecule has 4 rings (SSSR count). The minimum absolute atomic E-state index is 0.108. The summed E-state index contributed by atoms with van der Waals surface area (Å²) in [6.45, 7) is 6.11. The first-order valence-electron chi connectivity index (χ1n) is 10.5. The van der Waals surface area contributed by atoms with Crippen LogP contribution in [-0.4, -0.2) is 43.2 Å². The Kier molecular flexibility index (Phi) is 6.32. The maximum absolute atomic E-state index is 12.7. The van der Waals surface area contributed by atoms with Crippen molar-refractivity contribution in [1.29, 1.82) is 0 Å². The molecule has 1 aromatic heterocycles. The molecule has 0 spiro atoms. The van der Waals surface area contributed by atoms with Gasteiger partial charge >= 0.3 is 0 Å². The zero-order chi connectivity index (χ0) is 21.1. The summed E-state index contributed by atoms with van der Waals surface area (Å²) in [6.07, 6.45) is 3.77. The van der Waals surface area contributed by atoms with E-state index in [0.717, 1.165) is 50.2 Å². The molecule has 1 aromatic carbocycles. The molecule has 1 N–H and O–H groups in total. The van der Waals surface area contributed by atoms with E-state index in [1.165, 1.54) is 0 Å². The van der Waals surface area contributed by atoms with Crippen molar-refractivity contribution in [3.8, 4) is 0 Å². The maximum Gasteiger partial charge on any atom is 0.249 e. The summed E-state index contributed by atoms with van der Waals surface area (Å²) < 4.78 is 16.9. The third kappa shape index (κ3) is 4.79. The van der Waals surface area contributed by atoms with Crippen LogP contribution in [0.4, 0.5) is 11.6 Å². The van der Waals surface area contributed by atoms with E-state index in [0.29, 0.717) is 17.5 Å². The van der Waals surface area contributed by atoms with Gasteiger partial charge in [0.05, 0.1) is 12.3 Å². The summed E-state index contributed by atoms with van der Waals surface area (Å²) in [6, 6.07) is 9.04. The van der Waals surface area contributed by atoms with Crippen LogP contribution in [0.2, 0.25) is 5.02 Å². The molecule has 0 radical (unpaired) electrons. The van der Waals surface area contributed by atoms with Crippen LogP contribution in [0.1, 0.15) is 45.2 Å². The summed E-state index contributed by atoms with van der Waals surface area (Å²) >= 11 is 5.96. The Labute approximate surface area is 181 Å². The molecular weight excluding hydrogens is 406 g/mol. The monoisotopic (exact) mass is 433 g/mol. The molecule has 1 unspecified atom stereocenters. The van der Waals surface area contributed by atoms with Gasteiger partial charge < -0.3 is 18.9 Å². The van der Waals surface area contributed by atoms with E-state index in [1.54, 1.807) is 6.07 Å². The summed E-state index contributed by atoms with van der Waals surface area (Å²) in [7, 11) is 0. The SMILES string of the molecule is CC(C)(COC1CCCCO1)c1cc(NC(=O)[C@@H]2CCN2c2ccc(Cl)cc2)on1. The second-order valence-electron chi connectivity index (χ2n) is 8.53. The number of ether oxygens (including phenoxy) is 2. The fourth-order valence-electron chi connectivity index (χ4n) is 3.68. The van der Waals surface area contributed by atoms with Gasteiger partial charge in [0.15, 0.2) is 6.29 Å². The quantitative estimate of drug-likeness (QED) is 0.698. The number of rotatable bonds is 7. The molecule has 2 saturated heterocycles. The van der Waals surface area contributed by atoms with Crippen LogP contribution in [0.3, 0.4) is 0 Å². The molecule has 1 amide bonds. The average Bonchev–Trinajstić information content (AvgIpc) is 3.17. The average molecular weight is 434 g/mol. The van der Waals surface area contributed by atoms with Crippen LogP contribution < -0.4 is 10.2 Å². The fourth-order valence-corrected chi connectivity index (χ4v) is 3.80. The molecule has 30 heavy (non-hydrogen) atoms. The number of nitrogens with zero attached hydrogens (tertiary/aromatic N) is 2. The number of hydrogen-bond acceptors (Lipinski definition) is 6. The molecule has 2 fully saturated rings. The van der Waals surface area contributed by atoms with Crippen molar-refractivity contribution in [2.24, 2.45) is 0 Å². The van der Waals surface area contributed by atoms with Crippen LogP contribution in [0, 0.1) is 0 Å². The van der Waals surface area contributed by atoms with Gasteiger partial charge in [-0.3, -0.25) is 10.1 Å². The second kappa shape index (κ2) is 8.96. The highest BCUT2D eigenvalue weighted by Crippen LogP contribution is 2.30. The number of carbonyl (C=O) groups excluding carboxylic acids is 1. The molecule has 3 heterocycles. The Balaban J connectivity index is 1.33. The highest BCUT2D eigenvalue weighted by molar-refractivity contribution is 6.30. The lowest BCUT2D eigenvalue weighted by Gasteiger charge is -2.41. The van der Waals surface area contributed by atoms with Gasteiger partial charge in [-0.25, -0.2) is 0 Å². The minimum Gasteiger partial charge on any atom is -0.359 e. The smallest absolute Gasteiger partial charge is 0.249 e. The normalized spacial score (nSPS) is 21.9. The lowest BCUT2D eigenvalue weighted by molar-refractivity contribution is -0.170. The highest BCUT2D eigenvalue weighted by atomic mass is 35.5. The molecule has 0 bridgehead atoms. The largest absolute Gasteiger partial charge is 0.359 e. The van der Waals surface area contributed by atoms with Gasteiger partial charge in [-0.15, -0.1) is 0 Å². The van der Waals surface area contributed by atoms with E-state index >= 15 is 0 Å². The number of amides is 1. The molecule has 2 atom stereocenters. The molecule has 2 aliphatic rings. The number of hydrogen-bond donors (Lipinski definition) is 1. The van der Waals surface area contributed by atoms with Crippen molar-refractivity contribution < 1.29 is 18.8 Å². The van der Waals surface area contributed by atoms with Crippen LogP contribution in [0.15, 0.2) is 34.9 Å². The van der Waals surface area contributed by atoms with E-state index in [4.69, 9.17) is 25.6 Å². The zero-order valence-electron chi connectivity index (χ0n) is 17.4. The van der Waals surface area contributed by atoms with Crippen molar-refractivity contribution in [1.82, 2.24) is 5.16 Å². The summed E-state index contributed by atoms with van der Waals surface area (Å²) in [5, 5.41) is 7.68. The molecule has 0 saturated carbocycles. The van der Waals surface area contributed by atoms with Crippen molar-refractivity contribution in [2.45, 2.75) is 57.3 Å². The van der Waals surface area contributed by atoms with Gasteiger partial charge in [0.25, 0.3) is 0 Å². The van der Waals surface area contributed by atoms with Gasteiger partial charge in [0, 0.05) is 35.3 Å². The number of halogens is 1. The van der Waals surface area contributed by atoms with Crippen LogP contribution >= 0.6 is 11.6 Å². The molecule has 2 aliphatic heterocycles. The van der Waals surface area contributed by atoms with Gasteiger partial charge in [-0.1, -0.05) is 30.6 Å². The van der Waals surface area contributed by atoms with Gasteiger partial charge in [-0.2, -0.15) is 0 Å². The molecule has 162 valence electrons. The Hall–Kier alpha value is -2.09. The Morgan fingerprint density at radius 1 is 1.30 bits per heavy atom. The maximum atomic E-state index is 12.7. The number of benzene rings is 1. The van der Waals surface area contributed by atoms with E-state index in [2.05, 4.69) is 10.5 Å². The van der Waals surface area contributed by atoms with Crippen LogP contribution in [-0.2, 0) is 19.7 Å². The molecule has 8 heteroatoms. The van der Waals surface area contributed by atoms with Crippen LogP contribution in [0.5, 0.6) is 0 Å². The van der Waals surface area contributed by atoms with E-state index in [-0.39, 0.29) is 23.7 Å². The first kappa shape index (κ1) is 21.2. The second-order valence-corrected chi connectivity index (χ2v) is 8.97. The Morgan fingerprint density at radius 2 is 2.10 bits per heavy atom. The standard InChI is InChI=1S/C22H28ClN3O4/c1-22(2,14-29-20-5-3-4-12-28-20)18-13-19(30-25-18)24-21(27)17-10-11-26(17)16-8-6-15(23)7-9-16/h6-9,13,17,20H,3-5,10-12,14H2,1-2H3,(H,24,27)/t17-,20?/m0/s1.